The van der Waals surface area contributed by atoms with Gasteiger partial charge in [-0.15, -0.1) is 0 Å². The van der Waals surface area contributed by atoms with Gasteiger partial charge in [0.15, 0.2) is 5.96 Å². The number of hydrogen-bond donors (Lipinski definition) is 1. The molecule has 0 heterocycles. The maximum atomic E-state index is 5.80. The molecule has 0 aromatic heterocycles. The van der Waals surface area contributed by atoms with Crippen LogP contribution < -0.4 is 10.6 Å². The van der Waals surface area contributed by atoms with Crippen molar-refractivity contribution in [3.63, 3.8) is 0 Å². The minimum absolute atomic E-state index is 0.557. The van der Waals surface area contributed by atoms with Gasteiger partial charge >= 0.3 is 0 Å². The zero-order valence-electron chi connectivity index (χ0n) is 8.99. The Labute approximate surface area is 85.3 Å². The number of aliphatic imine (C=N–C) groups is 1. The second-order valence-electron chi connectivity index (χ2n) is 3.18. The molecule has 1 aromatic carbocycles. The van der Waals surface area contributed by atoms with E-state index in [-0.39, 0.29) is 0 Å². The van der Waals surface area contributed by atoms with Gasteiger partial charge in [-0.25, -0.2) is 0 Å². The number of benzene rings is 1. The first-order valence-corrected chi connectivity index (χ1v) is 4.76. The minimum Gasteiger partial charge on any atom is -0.370 e. The summed E-state index contributed by atoms with van der Waals surface area (Å²) in [5.41, 5.74) is 8.10. The summed E-state index contributed by atoms with van der Waals surface area (Å²) >= 11 is 0. The smallest absolute Gasteiger partial charge is 0.195 e. The van der Waals surface area contributed by atoms with Crippen molar-refractivity contribution >= 4 is 11.6 Å². The number of para-hydroxylation sites is 1. The third-order valence-electron chi connectivity index (χ3n) is 2.14. The van der Waals surface area contributed by atoms with Crippen LogP contribution in [-0.4, -0.2) is 19.6 Å². The van der Waals surface area contributed by atoms with Crippen molar-refractivity contribution in [2.75, 3.05) is 18.5 Å². The van der Waals surface area contributed by atoms with Gasteiger partial charge in [0.2, 0.25) is 0 Å². The lowest BCUT2D eigenvalue weighted by Crippen LogP contribution is -2.34. The highest BCUT2D eigenvalue weighted by Gasteiger charge is 2.05. The average molecular weight is 191 g/mol. The number of guanidine groups is 1. The van der Waals surface area contributed by atoms with Crippen LogP contribution in [-0.2, 0) is 0 Å². The Morgan fingerprint density at radius 1 is 1.43 bits per heavy atom. The molecule has 0 aliphatic rings. The second kappa shape index (κ2) is 4.65. The van der Waals surface area contributed by atoms with Gasteiger partial charge < -0.3 is 10.6 Å². The molecule has 0 saturated heterocycles. The van der Waals surface area contributed by atoms with Crippen LogP contribution in [0.4, 0.5) is 5.69 Å². The highest BCUT2D eigenvalue weighted by Crippen LogP contribution is 2.17. The largest absolute Gasteiger partial charge is 0.370 e. The molecule has 0 radical (unpaired) electrons. The van der Waals surface area contributed by atoms with Crippen molar-refractivity contribution in [2.45, 2.75) is 13.8 Å². The maximum Gasteiger partial charge on any atom is 0.195 e. The first kappa shape index (κ1) is 10.6. The van der Waals surface area contributed by atoms with E-state index in [1.807, 2.05) is 37.1 Å². The summed E-state index contributed by atoms with van der Waals surface area (Å²) in [6.45, 7) is 4.74. The van der Waals surface area contributed by atoms with Crippen molar-refractivity contribution in [1.82, 2.24) is 0 Å². The van der Waals surface area contributed by atoms with Crippen LogP contribution in [0.25, 0.3) is 0 Å². The number of anilines is 1. The molecule has 0 atom stereocenters. The van der Waals surface area contributed by atoms with Crippen LogP contribution in [0, 0.1) is 6.92 Å². The highest BCUT2D eigenvalue weighted by atomic mass is 15.2. The van der Waals surface area contributed by atoms with Gasteiger partial charge in [0.1, 0.15) is 0 Å². The predicted octanol–water partition coefficient (Wildman–Crippen LogP) is 1.77. The number of nitrogens with zero attached hydrogens (tertiary/aromatic N) is 2. The molecule has 14 heavy (non-hydrogen) atoms. The molecule has 0 saturated carbocycles. The molecule has 2 N–H and O–H groups in total. The van der Waals surface area contributed by atoms with Crippen molar-refractivity contribution in [3.05, 3.63) is 29.8 Å². The van der Waals surface area contributed by atoms with E-state index in [0.29, 0.717) is 12.5 Å². The minimum atomic E-state index is 0.557. The Bertz CT molecular complexity index is 331. The van der Waals surface area contributed by atoms with Crippen LogP contribution in [0.15, 0.2) is 29.3 Å². The van der Waals surface area contributed by atoms with Crippen molar-refractivity contribution in [3.8, 4) is 0 Å². The van der Waals surface area contributed by atoms with E-state index < -0.39 is 0 Å². The third kappa shape index (κ3) is 2.25. The SMILES string of the molecule is CCN=C(N)N(C)c1ccccc1C. The Kier molecular flexibility index (Phi) is 3.51. The molecule has 0 bridgehead atoms. The normalized spacial score (nSPS) is 11.5. The molecule has 0 amide bonds. The summed E-state index contributed by atoms with van der Waals surface area (Å²) in [6, 6.07) is 8.11. The summed E-state index contributed by atoms with van der Waals surface area (Å²) in [4.78, 5) is 6.06. The Hall–Kier alpha value is -1.51. The molecule has 0 spiro atoms. The first-order chi connectivity index (χ1) is 6.66. The van der Waals surface area contributed by atoms with E-state index in [1.54, 1.807) is 0 Å². The molecule has 1 rings (SSSR count). The van der Waals surface area contributed by atoms with E-state index in [2.05, 4.69) is 18.0 Å². The zero-order valence-corrected chi connectivity index (χ0v) is 8.99. The monoisotopic (exact) mass is 191 g/mol. The van der Waals surface area contributed by atoms with Crippen LogP contribution in [0.5, 0.6) is 0 Å². The lowest BCUT2D eigenvalue weighted by atomic mass is 10.2. The van der Waals surface area contributed by atoms with E-state index in [1.165, 1.54) is 5.56 Å². The summed E-state index contributed by atoms with van der Waals surface area (Å²) in [5, 5.41) is 0. The van der Waals surface area contributed by atoms with Crippen molar-refractivity contribution in [2.24, 2.45) is 10.7 Å². The third-order valence-corrected chi connectivity index (χ3v) is 2.14. The molecule has 1 aromatic rings. The molecule has 3 heteroatoms. The maximum absolute atomic E-state index is 5.80. The van der Waals surface area contributed by atoms with Crippen LogP contribution >= 0.6 is 0 Å². The number of nitrogens with two attached hydrogens (primary N) is 1. The molecule has 76 valence electrons. The van der Waals surface area contributed by atoms with Crippen LogP contribution in [0.2, 0.25) is 0 Å². The fourth-order valence-electron chi connectivity index (χ4n) is 1.33. The fourth-order valence-corrected chi connectivity index (χ4v) is 1.33. The highest BCUT2D eigenvalue weighted by molar-refractivity contribution is 5.94. The predicted molar refractivity (Wildman–Crippen MR) is 61.7 cm³/mol. The van der Waals surface area contributed by atoms with Crippen molar-refractivity contribution < 1.29 is 0 Å². The van der Waals surface area contributed by atoms with E-state index in [0.717, 1.165) is 5.69 Å². The number of rotatable bonds is 2. The molecular formula is C11H17N3. The molecular weight excluding hydrogens is 174 g/mol. The summed E-state index contributed by atoms with van der Waals surface area (Å²) in [5.74, 6) is 0.557. The average Bonchev–Trinajstić information content (AvgIpc) is 2.18. The Balaban J connectivity index is 2.95. The molecule has 0 unspecified atom stereocenters. The number of aryl methyl sites for hydroxylation is 1. The van der Waals surface area contributed by atoms with Gasteiger partial charge in [0.25, 0.3) is 0 Å². The molecule has 0 aliphatic heterocycles. The lowest BCUT2D eigenvalue weighted by molar-refractivity contribution is 1.08. The van der Waals surface area contributed by atoms with Gasteiger partial charge in [-0.3, -0.25) is 4.99 Å². The quantitative estimate of drug-likeness (QED) is 0.571. The van der Waals surface area contributed by atoms with Crippen molar-refractivity contribution in [1.29, 1.82) is 0 Å². The Morgan fingerprint density at radius 2 is 2.07 bits per heavy atom. The van der Waals surface area contributed by atoms with Gasteiger partial charge in [-0.05, 0) is 25.5 Å². The van der Waals surface area contributed by atoms with E-state index >= 15 is 0 Å². The summed E-state index contributed by atoms with van der Waals surface area (Å²) < 4.78 is 0. The fraction of sp³-hybridized carbons (Fsp3) is 0.364. The van der Waals surface area contributed by atoms with Gasteiger partial charge in [0, 0.05) is 19.3 Å². The molecule has 3 nitrogen and oxygen atoms in total. The molecule has 0 aliphatic carbocycles. The van der Waals surface area contributed by atoms with E-state index in [4.69, 9.17) is 5.73 Å². The summed E-state index contributed by atoms with van der Waals surface area (Å²) in [7, 11) is 1.93. The first-order valence-electron chi connectivity index (χ1n) is 4.76. The van der Waals surface area contributed by atoms with E-state index in [9.17, 15) is 0 Å². The second-order valence-corrected chi connectivity index (χ2v) is 3.18. The number of hydrogen-bond acceptors (Lipinski definition) is 1. The van der Waals surface area contributed by atoms with Gasteiger partial charge in [-0.1, -0.05) is 18.2 Å². The summed E-state index contributed by atoms with van der Waals surface area (Å²) in [6.07, 6.45) is 0. The molecule has 0 fully saturated rings. The lowest BCUT2D eigenvalue weighted by Gasteiger charge is -2.19. The Morgan fingerprint density at radius 3 is 2.64 bits per heavy atom. The van der Waals surface area contributed by atoms with Crippen LogP contribution in [0.1, 0.15) is 12.5 Å². The van der Waals surface area contributed by atoms with Gasteiger partial charge in [-0.2, -0.15) is 0 Å². The van der Waals surface area contributed by atoms with Gasteiger partial charge in [0.05, 0.1) is 0 Å². The topological polar surface area (TPSA) is 41.6 Å². The standard InChI is InChI=1S/C11H17N3/c1-4-13-11(12)14(3)10-8-6-5-7-9(10)2/h5-8H,4H2,1-3H3,(H2,12,13). The zero-order chi connectivity index (χ0) is 10.6. The van der Waals surface area contributed by atoms with Crippen LogP contribution in [0.3, 0.4) is 0 Å².